The van der Waals surface area contributed by atoms with Crippen molar-refractivity contribution in [1.29, 1.82) is 0 Å². The summed E-state index contributed by atoms with van der Waals surface area (Å²) in [6.07, 6.45) is 0. The van der Waals surface area contributed by atoms with Crippen molar-refractivity contribution in [3.05, 3.63) is 15.1 Å². The SMILES string of the molecule is CCNc1nc(C(C)C)nc(C)c1I. The van der Waals surface area contributed by atoms with Crippen LogP contribution in [0, 0.1) is 10.5 Å². The number of hydrogen-bond donors (Lipinski definition) is 1. The first-order valence-corrected chi connectivity index (χ1v) is 5.92. The summed E-state index contributed by atoms with van der Waals surface area (Å²) in [7, 11) is 0. The number of nitrogens with one attached hydrogen (secondary N) is 1. The molecule has 0 unspecified atom stereocenters. The van der Waals surface area contributed by atoms with E-state index < -0.39 is 0 Å². The van der Waals surface area contributed by atoms with Crippen molar-refractivity contribution in [2.75, 3.05) is 11.9 Å². The normalized spacial score (nSPS) is 10.7. The van der Waals surface area contributed by atoms with E-state index in [9.17, 15) is 0 Å². The van der Waals surface area contributed by atoms with E-state index in [1.807, 2.05) is 6.92 Å². The molecule has 0 fully saturated rings. The van der Waals surface area contributed by atoms with Gasteiger partial charge < -0.3 is 5.32 Å². The third kappa shape index (κ3) is 2.56. The van der Waals surface area contributed by atoms with Gasteiger partial charge in [-0.3, -0.25) is 0 Å². The lowest BCUT2D eigenvalue weighted by Crippen LogP contribution is -2.08. The van der Waals surface area contributed by atoms with Crippen LogP contribution in [0.3, 0.4) is 0 Å². The zero-order valence-electron chi connectivity index (χ0n) is 9.06. The van der Waals surface area contributed by atoms with E-state index in [2.05, 4.69) is 58.6 Å². The Morgan fingerprint density at radius 3 is 2.50 bits per heavy atom. The van der Waals surface area contributed by atoms with Crippen LogP contribution in [0.4, 0.5) is 5.82 Å². The maximum Gasteiger partial charge on any atom is 0.143 e. The van der Waals surface area contributed by atoms with E-state index in [0.717, 1.165) is 27.5 Å². The molecule has 1 aromatic rings. The molecule has 0 atom stereocenters. The van der Waals surface area contributed by atoms with Crippen molar-refractivity contribution < 1.29 is 0 Å². The summed E-state index contributed by atoms with van der Waals surface area (Å²) in [4.78, 5) is 8.95. The highest BCUT2D eigenvalue weighted by atomic mass is 127. The van der Waals surface area contributed by atoms with Gasteiger partial charge in [-0.15, -0.1) is 0 Å². The molecule has 0 saturated carbocycles. The molecule has 0 spiro atoms. The minimum atomic E-state index is 0.378. The van der Waals surface area contributed by atoms with Gasteiger partial charge in [-0.05, 0) is 36.4 Å². The number of rotatable bonds is 3. The Morgan fingerprint density at radius 2 is 2.00 bits per heavy atom. The third-order valence-electron chi connectivity index (χ3n) is 1.89. The van der Waals surface area contributed by atoms with Crippen LogP contribution in [0.1, 0.15) is 38.2 Å². The summed E-state index contributed by atoms with van der Waals surface area (Å²) in [5.41, 5.74) is 1.06. The molecule has 0 bridgehead atoms. The molecule has 0 aromatic carbocycles. The lowest BCUT2D eigenvalue weighted by atomic mass is 10.2. The third-order valence-corrected chi connectivity index (χ3v) is 3.19. The van der Waals surface area contributed by atoms with Crippen molar-refractivity contribution >= 4 is 28.4 Å². The summed E-state index contributed by atoms with van der Waals surface area (Å²) < 4.78 is 1.12. The van der Waals surface area contributed by atoms with Crippen LogP contribution in [0.25, 0.3) is 0 Å². The summed E-state index contributed by atoms with van der Waals surface area (Å²) in [5, 5.41) is 3.25. The van der Waals surface area contributed by atoms with Gasteiger partial charge in [0.15, 0.2) is 0 Å². The zero-order valence-corrected chi connectivity index (χ0v) is 11.2. The lowest BCUT2D eigenvalue weighted by molar-refractivity contribution is 0.764. The van der Waals surface area contributed by atoms with E-state index in [-0.39, 0.29) is 0 Å². The molecular weight excluding hydrogens is 289 g/mol. The predicted octanol–water partition coefficient (Wildman–Crippen LogP) is 2.94. The Labute approximate surface area is 98.9 Å². The molecule has 3 nitrogen and oxygen atoms in total. The molecule has 14 heavy (non-hydrogen) atoms. The van der Waals surface area contributed by atoms with Gasteiger partial charge in [0, 0.05) is 12.5 Å². The molecule has 4 heteroatoms. The van der Waals surface area contributed by atoms with E-state index in [4.69, 9.17) is 0 Å². The summed E-state index contributed by atoms with van der Waals surface area (Å²) in [5.74, 6) is 2.26. The van der Waals surface area contributed by atoms with Crippen LogP contribution in [-0.4, -0.2) is 16.5 Å². The van der Waals surface area contributed by atoms with Crippen molar-refractivity contribution in [3.8, 4) is 0 Å². The van der Waals surface area contributed by atoms with Gasteiger partial charge >= 0.3 is 0 Å². The second kappa shape index (κ2) is 4.91. The quantitative estimate of drug-likeness (QED) is 0.873. The fraction of sp³-hybridized carbons (Fsp3) is 0.600. The Hall–Kier alpha value is -0.390. The molecular formula is C10H16IN3. The standard InChI is InChI=1S/C10H16IN3/c1-5-12-10-8(11)7(4)13-9(14-10)6(2)3/h6H,5H2,1-4H3,(H,12,13,14). The van der Waals surface area contributed by atoms with E-state index in [1.54, 1.807) is 0 Å². The fourth-order valence-corrected chi connectivity index (χ4v) is 1.56. The number of hydrogen-bond acceptors (Lipinski definition) is 3. The van der Waals surface area contributed by atoms with Gasteiger partial charge in [-0.2, -0.15) is 0 Å². The second-order valence-electron chi connectivity index (χ2n) is 3.51. The summed E-state index contributed by atoms with van der Waals surface area (Å²) in [6, 6.07) is 0. The average Bonchev–Trinajstić information content (AvgIpc) is 2.12. The van der Waals surface area contributed by atoms with Crippen LogP contribution in [-0.2, 0) is 0 Å². The van der Waals surface area contributed by atoms with E-state index in [0.29, 0.717) is 5.92 Å². The van der Waals surface area contributed by atoms with Crippen LogP contribution in [0.15, 0.2) is 0 Å². The van der Waals surface area contributed by atoms with Gasteiger partial charge in [-0.1, -0.05) is 13.8 Å². The van der Waals surface area contributed by atoms with Gasteiger partial charge in [0.1, 0.15) is 11.6 Å². The van der Waals surface area contributed by atoms with E-state index >= 15 is 0 Å². The maximum absolute atomic E-state index is 4.49. The number of nitrogens with zero attached hydrogens (tertiary/aromatic N) is 2. The highest BCUT2D eigenvalue weighted by Crippen LogP contribution is 2.21. The Morgan fingerprint density at radius 1 is 1.36 bits per heavy atom. The fourth-order valence-electron chi connectivity index (χ4n) is 1.12. The molecule has 0 amide bonds. The van der Waals surface area contributed by atoms with Gasteiger partial charge in [-0.25, -0.2) is 9.97 Å². The summed E-state index contributed by atoms with van der Waals surface area (Å²) >= 11 is 2.28. The molecule has 0 radical (unpaired) electrons. The number of aromatic nitrogens is 2. The monoisotopic (exact) mass is 305 g/mol. The minimum Gasteiger partial charge on any atom is -0.369 e. The molecule has 0 aliphatic heterocycles. The first-order chi connectivity index (χ1) is 6.56. The maximum atomic E-state index is 4.49. The van der Waals surface area contributed by atoms with Gasteiger partial charge in [0.25, 0.3) is 0 Å². The average molecular weight is 305 g/mol. The van der Waals surface area contributed by atoms with Crippen molar-refractivity contribution in [1.82, 2.24) is 9.97 Å². The Bertz CT molecular complexity index is 323. The molecule has 0 aliphatic rings. The predicted molar refractivity (Wildman–Crippen MR) is 67.7 cm³/mol. The number of halogens is 1. The van der Waals surface area contributed by atoms with Gasteiger partial charge in [0.05, 0.1) is 9.26 Å². The van der Waals surface area contributed by atoms with Crippen molar-refractivity contribution in [2.24, 2.45) is 0 Å². The molecule has 78 valence electrons. The first-order valence-electron chi connectivity index (χ1n) is 4.84. The molecule has 0 saturated heterocycles. The molecule has 1 N–H and O–H groups in total. The Balaban J connectivity index is 3.14. The minimum absolute atomic E-state index is 0.378. The van der Waals surface area contributed by atoms with Crippen LogP contribution < -0.4 is 5.32 Å². The summed E-state index contributed by atoms with van der Waals surface area (Å²) in [6.45, 7) is 9.21. The smallest absolute Gasteiger partial charge is 0.143 e. The lowest BCUT2D eigenvalue weighted by Gasteiger charge is -2.11. The Kier molecular flexibility index (Phi) is 4.10. The highest BCUT2D eigenvalue weighted by Gasteiger charge is 2.10. The highest BCUT2D eigenvalue weighted by molar-refractivity contribution is 14.1. The van der Waals surface area contributed by atoms with Crippen LogP contribution in [0.5, 0.6) is 0 Å². The molecule has 1 rings (SSSR count). The largest absolute Gasteiger partial charge is 0.369 e. The van der Waals surface area contributed by atoms with Gasteiger partial charge in [0.2, 0.25) is 0 Å². The van der Waals surface area contributed by atoms with E-state index in [1.165, 1.54) is 0 Å². The molecule has 1 heterocycles. The van der Waals surface area contributed by atoms with Crippen molar-refractivity contribution in [2.45, 2.75) is 33.6 Å². The number of aryl methyl sites for hydroxylation is 1. The van der Waals surface area contributed by atoms with Crippen LogP contribution >= 0.6 is 22.6 Å². The van der Waals surface area contributed by atoms with Crippen LogP contribution in [0.2, 0.25) is 0 Å². The van der Waals surface area contributed by atoms with Crippen molar-refractivity contribution in [3.63, 3.8) is 0 Å². The molecule has 1 aromatic heterocycles. The topological polar surface area (TPSA) is 37.8 Å². The number of anilines is 1. The molecule has 0 aliphatic carbocycles. The zero-order chi connectivity index (χ0) is 10.7. The second-order valence-corrected chi connectivity index (χ2v) is 4.59. The first kappa shape index (κ1) is 11.7.